The van der Waals surface area contributed by atoms with Crippen LogP contribution in [-0.4, -0.2) is 92.7 Å². The quantitative estimate of drug-likeness (QED) is 0.219. The number of rotatable bonds is 9. The molecule has 9 heteroatoms. The smallest absolute Gasteiger partial charge is 0.234 e. The van der Waals surface area contributed by atoms with Crippen molar-refractivity contribution >= 4 is 35.8 Å². The lowest BCUT2D eigenvalue weighted by molar-refractivity contribution is -0.122. The van der Waals surface area contributed by atoms with Crippen molar-refractivity contribution in [2.24, 2.45) is 4.99 Å². The lowest BCUT2D eigenvalue weighted by Gasteiger charge is -2.36. The number of piperazine rings is 1. The van der Waals surface area contributed by atoms with E-state index in [0.717, 1.165) is 57.3 Å². The number of aromatic nitrogens is 1. The fraction of sp³-hybridized carbons (Fsp3) is 0.650. The van der Waals surface area contributed by atoms with Gasteiger partial charge in [0.05, 0.1) is 13.2 Å². The molecule has 164 valence electrons. The number of hydrogen-bond acceptors (Lipinski definition) is 5. The molecule has 0 spiro atoms. The lowest BCUT2D eigenvalue weighted by atomic mass is 10.2. The lowest BCUT2D eigenvalue weighted by Crippen LogP contribution is -2.54. The van der Waals surface area contributed by atoms with Crippen LogP contribution in [0.1, 0.15) is 18.2 Å². The number of nitrogens with zero attached hydrogens (tertiary/aromatic N) is 4. The summed E-state index contributed by atoms with van der Waals surface area (Å²) in [5, 5.41) is 6.26. The van der Waals surface area contributed by atoms with Gasteiger partial charge in [0.2, 0.25) is 5.91 Å². The van der Waals surface area contributed by atoms with Crippen molar-refractivity contribution in [3.8, 4) is 0 Å². The number of carbonyl (C=O) groups is 1. The van der Waals surface area contributed by atoms with Crippen LogP contribution in [0.3, 0.4) is 0 Å². The standard InChI is InChI=1S/C20H34N6O2.HI/c1-4-21-20(23-8-7-18-6-5-17(2)24-15-18)26-12-10-25(11-13-26)16-19(27)22-9-14-28-3;/h5-6,15H,4,7-14,16H2,1-3H3,(H,21,23)(H,22,27);1H. The number of methoxy groups -OCH3 is 1. The molecule has 0 saturated carbocycles. The molecule has 1 aliphatic heterocycles. The number of amides is 1. The Morgan fingerprint density at radius 1 is 1.24 bits per heavy atom. The highest BCUT2D eigenvalue weighted by molar-refractivity contribution is 14.0. The maximum atomic E-state index is 11.9. The summed E-state index contributed by atoms with van der Waals surface area (Å²) in [6.07, 6.45) is 2.80. The number of hydrogen-bond donors (Lipinski definition) is 2. The normalized spacial score (nSPS) is 15.0. The minimum absolute atomic E-state index is 0. The minimum Gasteiger partial charge on any atom is -0.383 e. The van der Waals surface area contributed by atoms with Crippen molar-refractivity contribution in [2.75, 3.05) is 66.1 Å². The van der Waals surface area contributed by atoms with Gasteiger partial charge in [0.1, 0.15) is 0 Å². The van der Waals surface area contributed by atoms with E-state index in [2.05, 4.69) is 38.4 Å². The summed E-state index contributed by atoms with van der Waals surface area (Å²) in [6, 6.07) is 4.15. The molecule has 1 aliphatic rings. The first-order valence-electron chi connectivity index (χ1n) is 10.0. The van der Waals surface area contributed by atoms with Crippen LogP contribution in [0, 0.1) is 6.92 Å². The van der Waals surface area contributed by atoms with Crippen molar-refractivity contribution in [2.45, 2.75) is 20.3 Å². The molecule has 8 nitrogen and oxygen atoms in total. The molecule has 1 amide bonds. The highest BCUT2D eigenvalue weighted by atomic mass is 127. The van der Waals surface area contributed by atoms with E-state index >= 15 is 0 Å². The second-order valence-corrected chi connectivity index (χ2v) is 6.90. The third kappa shape index (κ3) is 9.72. The third-order valence-corrected chi connectivity index (χ3v) is 4.64. The number of aryl methyl sites for hydroxylation is 1. The van der Waals surface area contributed by atoms with Gasteiger partial charge >= 0.3 is 0 Å². The molecule has 2 heterocycles. The maximum Gasteiger partial charge on any atom is 0.234 e. The monoisotopic (exact) mass is 518 g/mol. The van der Waals surface area contributed by atoms with Gasteiger partial charge in [0, 0.05) is 64.8 Å². The zero-order valence-corrected chi connectivity index (χ0v) is 20.1. The van der Waals surface area contributed by atoms with Crippen molar-refractivity contribution in [3.63, 3.8) is 0 Å². The van der Waals surface area contributed by atoms with Gasteiger partial charge in [-0.05, 0) is 31.9 Å². The van der Waals surface area contributed by atoms with Crippen LogP contribution >= 0.6 is 24.0 Å². The summed E-state index contributed by atoms with van der Waals surface area (Å²) >= 11 is 0. The van der Waals surface area contributed by atoms with E-state index in [1.54, 1.807) is 7.11 Å². The Bertz CT molecular complexity index is 618. The van der Waals surface area contributed by atoms with E-state index in [9.17, 15) is 4.79 Å². The first-order chi connectivity index (χ1) is 13.6. The van der Waals surface area contributed by atoms with Crippen LogP contribution in [0.5, 0.6) is 0 Å². The van der Waals surface area contributed by atoms with Crippen molar-refractivity contribution in [3.05, 3.63) is 29.6 Å². The molecule has 0 atom stereocenters. The van der Waals surface area contributed by atoms with E-state index in [1.165, 1.54) is 5.56 Å². The summed E-state index contributed by atoms with van der Waals surface area (Å²) in [6.45, 7) is 10.6. The maximum absolute atomic E-state index is 11.9. The predicted octanol–water partition coefficient (Wildman–Crippen LogP) is 0.896. The summed E-state index contributed by atoms with van der Waals surface area (Å²) in [5.41, 5.74) is 2.24. The molecule has 0 bridgehead atoms. The molecular weight excluding hydrogens is 483 g/mol. The van der Waals surface area contributed by atoms with Gasteiger partial charge in [-0.3, -0.25) is 19.7 Å². The van der Waals surface area contributed by atoms with E-state index in [0.29, 0.717) is 19.7 Å². The zero-order valence-electron chi connectivity index (χ0n) is 17.8. The molecule has 0 aromatic carbocycles. The molecule has 1 aromatic heterocycles. The highest BCUT2D eigenvalue weighted by Gasteiger charge is 2.21. The first-order valence-corrected chi connectivity index (χ1v) is 10.0. The molecule has 1 saturated heterocycles. The van der Waals surface area contributed by atoms with Crippen LogP contribution in [0.4, 0.5) is 0 Å². The van der Waals surface area contributed by atoms with E-state index in [4.69, 9.17) is 9.73 Å². The molecule has 2 N–H and O–H groups in total. The summed E-state index contributed by atoms with van der Waals surface area (Å²) in [4.78, 5) is 25.5. The molecule has 0 unspecified atom stereocenters. The van der Waals surface area contributed by atoms with Gasteiger partial charge in [0.25, 0.3) is 0 Å². The minimum atomic E-state index is 0. The van der Waals surface area contributed by atoms with Crippen LogP contribution in [0.2, 0.25) is 0 Å². The number of aliphatic imine (C=N–C) groups is 1. The van der Waals surface area contributed by atoms with Gasteiger partial charge in [-0.15, -0.1) is 24.0 Å². The summed E-state index contributed by atoms with van der Waals surface area (Å²) in [7, 11) is 1.63. The van der Waals surface area contributed by atoms with Crippen molar-refractivity contribution in [1.29, 1.82) is 0 Å². The first kappa shape index (κ1) is 25.6. The van der Waals surface area contributed by atoms with E-state index < -0.39 is 0 Å². The Morgan fingerprint density at radius 3 is 2.62 bits per heavy atom. The highest BCUT2D eigenvalue weighted by Crippen LogP contribution is 2.04. The summed E-state index contributed by atoms with van der Waals surface area (Å²) < 4.78 is 4.95. The van der Waals surface area contributed by atoms with Gasteiger partial charge < -0.3 is 20.3 Å². The molecule has 1 fully saturated rings. The molecule has 1 aromatic rings. The van der Waals surface area contributed by atoms with Crippen LogP contribution < -0.4 is 10.6 Å². The Hall–Kier alpha value is -1.46. The molecule has 0 radical (unpaired) electrons. The Morgan fingerprint density at radius 2 is 2.00 bits per heavy atom. The number of ether oxygens (including phenoxy) is 1. The van der Waals surface area contributed by atoms with Crippen molar-refractivity contribution in [1.82, 2.24) is 25.4 Å². The Labute approximate surface area is 191 Å². The Kier molecular flexibility index (Phi) is 12.8. The van der Waals surface area contributed by atoms with Crippen LogP contribution in [0.15, 0.2) is 23.3 Å². The number of carbonyl (C=O) groups excluding carboxylic acids is 1. The SMILES string of the molecule is CCNC(=NCCc1ccc(C)nc1)N1CCN(CC(=O)NCCOC)CC1.I. The fourth-order valence-corrected chi connectivity index (χ4v) is 3.03. The molecule has 0 aliphatic carbocycles. The number of guanidine groups is 1. The molecule has 2 rings (SSSR count). The molecule has 29 heavy (non-hydrogen) atoms. The van der Waals surface area contributed by atoms with Crippen molar-refractivity contribution < 1.29 is 9.53 Å². The Balaban J connectivity index is 0.00000420. The number of nitrogens with one attached hydrogen (secondary N) is 2. The average Bonchev–Trinajstić information content (AvgIpc) is 2.70. The van der Waals surface area contributed by atoms with E-state index in [-0.39, 0.29) is 29.9 Å². The van der Waals surface area contributed by atoms with Gasteiger partial charge in [-0.25, -0.2) is 0 Å². The average molecular weight is 518 g/mol. The van der Waals surface area contributed by atoms with Crippen LogP contribution in [-0.2, 0) is 16.0 Å². The van der Waals surface area contributed by atoms with Gasteiger partial charge in [-0.2, -0.15) is 0 Å². The van der Waals surface area contributed by atoms with Gasteiger partial charge in [-0.1, -0.05) is 6.07 Å². The zero-order chi connectivity index (χ0) is 20.2. The number of pyridine rings is 1. The topological polar surface area (TPSA) is 82.1 Å². The third-order valence-electron chi connectivity index (χ3n) is 4.64. The largest absolute Gasteiger partial charge is 0.383 e. The van der Waals surface area contributed by atoms with Gasteiger partial charge in [0.15, 0.2) is 5.96 Å². The fourth-order valence-electron chi connectivity index (χ4n) is 3.03. The molecular formula is C20H35IN6O2. The second kappa shape index (κ2) is 14.5. The van der Waals surface area contributed by atoms with Crippen LogP contribution in [0.25, 0.3) is 0 Å². The predicted molar refractivity (Wildman–Crippen MR) is 127 cm³/mol. The second-order valence-electron chi connectivity index (χ2n) is 6.90. The summed E-state index contributed by atoms with van der Waals surface area (Å²) in [5.74, 6) is 1.00. The number of halogens is 1. The van der Waals surface area contributed by atoms with E-state index in [1.807, 2.05) is 19.2 Å².